The van der Waals surface area contributed by atoms with Crippen LogP contribution in [0.2, 0.25) is 0 Å². The third kappa shape index (κ3) is 7.80. The van der Waals surface area contributed by atoms with Gasteiger partial charge in [0, 0.05) is 46.0 Å². The Morgan fingerprint density at radius 3 is 2.42 bits per heavy atom. The van der Waals surface area contributed by atoms with Crippen LogP contribution in [0.25, 0.3) is 11.3 Å². The summed E-state index contributed by atoms with van der Waals surface area (Å²) in [7, 11) is 5.17. The lowest BCUT2D eigenvalue weighted by atomic mass is 10.1. The van der Waals surface area contributed by atoms with Crippen LogP contribution in [0.3, 0.4) is 0 Å². The van der Waals surface area contributed by atoms with E-state index in [0.29, 0.717) is 56.8 Å². The van der Waals surface area contributed by atoms with Crippen molar-refractivity contribution in [1.82, 2.24) is 14.7 Å². The number of unbranched alkanes of at least 4 members (excludes halogenated alkanes) is 1. The van der Waals surface area contributed by atoms with Gasteiger partial charge in [-0.25, -0.2) is 4.68 Å². The highest BCUT2D eigenvalue weighted by atomic mass is 16.5. The van der Waals surface area contributed by atoms with E-state index >= 15 is 0 Å². The van der Waals surface area contributed by atoms with E-state index in [1.165, 1.54) is 0 Å². The quantitative estimate of drug-likeness (QED) is 0.292. The van der Waals surface area contributed by atoms with Gasteiger partial charge in [-0.15, -0.1) is 0 Å². The molecular weight excluding hydrogens is 458 g/mol. The second-order valence-electron chi connectivity index (χ2n) is 8.69. The molecule has 0 bridgehead atoms. The predicted molar refractivity (Wildman–Crippen MR) is 141 cm³/mol. The van der Waals surface area contributed by atoms with Gasteiger partial charge in [-0.1, -0.05) is 55.8 Å². The number of aliphatic hydroxyl groups is 1. The highest BCUT2D eigenvalue weighted by Crippen LogP contribution is 2.37. The summed E-state index contributed by atoms with van der Waals surface area (Å²) >= 11 is 0. The number of ether oxygens (including phenoxy) is 4. The molecule has 8 nitrogen and oxygen atoms in total. The first-order valence-corrected chi connectivity index (χ1v) is 12.5. The second-order valence-corrected chi connectivity index (χ2v) is 8.69. The highest BCUT2D eigenvalue weighted by Gasteiger charge is 2.24. The Kier molecular flexibility index (Phi) is 11.2. The van der Waals surface area contributed by atoms with Crippen molar-refractivity contribution >= 4 is 0 Å². The molecule has 0 aliphatic carbocycles. The van der Waals surface area contributed by atoms with Gasteiger partial charge < -0.3 is 24.1 Å². The third-order valence-electron chi connectivity index (χ3n) is 5.83. The Morgan fingerprint density at radius 1 is 1.00 bits per heavy atom. The molecule has 0 aliphatic heterocycles. The summed E-state index contributed by atoms with van der Waals surface area (Å²) in [6.45, 7) is 5.20. The number of benzene rings is 2. The van der Waals surface area contributed by atoms with Gasteiger partial charge in [0.05, 0.1) is 32.0 Å². The van der Waals surface area contributed by atoms with E-state index in [1.54, 1.807) is 18.9 Å². The molecule has 0 saturated carbocycles. The van der Waals surface area contributed by atoms with Crippen LogP contribution < -0.4 is 9.47 Å². The van der Waals surface area contributed by atoms with E-state index in [-0.39, 0.29) is 0 Å². The Bertz CT molecular complexity index is 1040. The number of aryl methyl sites for hydroxylation is 1. The second kappa shape index (κ2) is 14.6. The Balaban J connectivity index is 1.92. The lowest BCUT2D eigenvalue weighted by molar-refractivity contribution is 0.0101. The number of rotatable bonds is 16. The van der Waals surface area contributed by atoms with Crippen molar-refractivity contribution < 1.29 is 24.1 Å². The molecule has 1 N–H and O–H groups in total. The van der Waals surface area contributed by atoms with Crippen molar-refractivity contribution in [3.8, 4) is 28.6 Å². The third-order valence-corrected chi connectivity index (χ3v) is 5.83. The molecule has 8 heteroatoms. The normalized spacial score (nSPS) is 12.2. The lowest BCUT2D eigenvalue weighted by Crippen LogP contribution is -2.36. The molecule has 1 atom stereocenters. The average Bonchev–Trinajstić information content (AvgIpc) is 3.20. The smallest absolute Gasteiger partial charge is 0.222 e. The van der Waals surface area contributed by atoms with Crippen LogP contribution in [-0.2, 0) is 23.1 Å². The zero-order chi connectivity index (χ0) is 25.8. The van der Waals surface area contributed by atoms with E-state index in [1.807, 2.05) is 61.6 Å². The molecule has 3 aromatic rings. The lowest BCUT2D eigenvalue weighted by Gasteiger charge is -2.25. The van der Waals surface area contributed by atoms with Crippen LogP contribution in [0.5, 0.6) is 17.4 Å². The number of aliphatic hydroxyl groups excluding tert-OH is 1. The number of para-hydroxylation sites is 2. The predicted octanol–water partition coefficient (Wildman–Crippen LogP) is 4.51. The van der Waals surface area contributed by atoms with Gasteiger partial charge in [-0.2, -0.15) is 5.10 Å². The Hall–Kier alpha value is -2.91. The standard InChI is InChI=1S/C28H39N3O5/c1-5-6-17-35-21-23(32)19-31(16-18-33-3)20-24-27(22-12-8-7-9-13-22)29-30(2)28(24)36-26-15-11-10-14-25(26)34-4/h7-15,23,32H,5-6,16-21H2,1-4H3/t23-/m1/s1. The Morgan fingerprint density at radius 2 is 1.72 bits per heavy atom. The van der Waals surface area contributed by atoms with Gasteiger partial charge in [0.2, 0.25) is 5.88 Å². The fourth-order valence-electron chi connectivity index (χ4n) is 3.95. The van der Waals surface area contributed by atoms with Gasteiger partial charge in [-0.05, 0) is 18.6 Å². The van der Waals surface area contributed by atoms with E-state index in [0.717, 1.165) is 29.7 Å². The Labute approximate surface area is 214 Å². The van der Waals surface area contributed by atoms with Gasteiger partial charge in [0.25, 0.3) is 0 Å². The van der Waals surface area contributed by atoms with Gasteiger partial charge in [0.1, 0.15) is 5.69 Å². The van der Waals surface area contributed by atoms with Crippen molar-refractivity contribution in [2.45, 2.75) is 32.4 Å². The molecule has 0 radical (unpaired) electrons. The molecule has 1 aromatic heterocycles. The monoisotopic (exact) mass is 497 g/mol. The topological polar surface area (TPSA) is 78.2 Å². The maximum absolute atomic E-state index is 10.7. The van der Waals surface area contributed by atoms with Crippen LogP contribution in [0.15, 0.2) is 54.6 Å². The fraction of sp³-hybridized carbons (Fsp3) is 0.464. The number of methoxy groups -OCH3 is 2. The first-order chi connectivity index (χ1) is 17.6. The molecule has 0 saturated heterocycles. The summed E-state index contributed by atoms with van der Waals surface area (Å²) in [5.41, 5.74) is 2.75. The van der Waals surface area contributed by atoms with E-state index < -0.39 is 6.10 Å². The largest absolute Gasteiger partial charge is 0.493 e. The maximum Gasteiger partial charge on any atom is 0.222 e. The molecule has 0 fully saturated rings. The summed E-state index contributed by atoms with van der Waals surface area (Å²) in [6.07, 6.45) is 1.43. The van der Waals surface area contributed by atoms with Crippen LogP contribution in [-0.4, -0.2) is 73.0 Å². The number of hydrogen-bond donors (Lipinski definition) is 1. The number of aromatic nitrogens is 2. The van der Waals surface area contributed by atoms with E-state index in [4.69, 9.17) is 24.0 Å². The van der Waals surface area contributed by atoms with Crippen LogP contribution in [0.4, 0.5) is 0 Å². The van der Waals surface area contributed by atoms with E-state index in [2.05, 4.69) is 11.8 Å². The zero-order valence-corrected chi connectivity index (χ0v) is 21.9. The van der Waals surface area contributed by atoms with Crippen molar-refractivity contribution in [2.24, 2.45) is 7.05 Å². The zero-order valence-electron chi connectivity index (χ0n) is 21.9. The minimum absolute atomic E-state index is 0.298. The minimum atomic E-state index is -0.617. The molecule has 0 amide bonds. The molecular formula is C28H39N3O5. The first-order valence-electron chi connectivity index (χ1n) is 12.5. The van der Waals surface area contributed by atoms with Crippen molar-refractivity contribution in [1.29, 1.82) is 0 Å². The molecule has 2 aromatic carbocycles. The van der Waals surface area contributed by atoms with Crippen molar-refractivity contribution in [2.75, 3.05) is 47.1 Å². The maximum atomic E-state index is 10.7. The minimum Gasteiger partial charge on any atom is -0.493 e. The van der Waals surface area contributed by atoms with E-state index in [9.17, 15) is 5.11 Å². The number of hydrogen-bond acceptors (Lipinski definition) is 7. The first kappa shape index (κ1) is 27.7. The molecule has 36 heavy (non-hydrogen) atoms. The SMILES string of the molecule is CCCCOC[C@H](O)CN(CCOC)Cc1c(-c2ccccc2)nn(C)c1Oc1ccccc1OC. The molecule has 1 heterocycles. The molecule has 0 spiro atoms. The summed E-state index contributed by atoms with van der Waals surface area (Å²) < 4.78 is 24.7. The van der Waals surface area contributed by atoms with Crippen LogP contribution in [0, 0.1) is 0 Å². The molecule has 0 aliphatic rings. The summed E-state index contributed by atoms with van der Waals surface area (Å²) in [4.78, 5) is 2.15. The van der Waals surface area contributed by atoms with Crippen molar-refractivity contribution in [3.05, 3.63) is 60.2 Å². The van der Waals surface area contributed by atoms with Gasteiger partial charge in [0.15, 0.2) is 11.5 Å². The average molecular weight is 498 g/mol. The van der Waals surface area contributed by atoms with Gasteiger partial charge in [-0.3, -0.25) is 4.90 Å². The molecule has 0 unspecified atom stereocenters. The van der Waals surface area contributed by atoms with Crippen molar-refractivity contribution in [3.63, 3.8) is 0 Å². The summed E-state index contributed by atoms with van der Waals surface area (Å²) in [5, 5.41) is 15.5. The summed E-state index contributed by atoms with van der Waals surface area (Å²) in [5.74, 6) is 1.87. The highest BCUT2D eigenvalue weighted by molar-refractivity contribution is 5.66. The fourth-order valence-corrected chi connectivity index (χ4v) is 3.95. The summed E-state index contributed by atoms with van der Waals surface area (Å²) in [6, 6.07) is 17.6. The molecule has 3 rings (SSSR count). The van der Waals surface area contributed by atoms with Gasteiger partial charge >= 0.3 is 0 Å². The van der Waals surface area contributed by atoms with Crippen LogP contribution >= 0.6 is 0 Å². The molecule has 196 valence electrons. The van der Waals surface area contributed by atoms with Crippen LogP contribution in [0.1, 0.15) is 25.3 Å². The number of nitrogens with zero attached hydrogens (tertiary/aromatic N) is 3.